The van der Waals surface area contributed by atoms with Crippen molar-refractivity contribution in [1.82, 2.24) is 0 Å². The van der Waals surface area contributed by atoms with Gasteiger partial charge in [0.1, 0.15) is 0 Å². The molecule has 0 saturated carbocycles. The summed E-state index contributed by atoms with van der Waals surface area (Å²) < 4.78 is 0.496. The highest BCUT2D eigenvalue weighted by Crippen LogP contribution is 2.25. The lowest BCUT2D eigenvalue weighted by atomic mass is 10.1. The first-order valence-corrected chi connectivity index (χ1v) is 4.96. The quantitative estimate of drug-likeness (QED) is 0.478. The Kier molecular flexibility index (Phi) is 3.69. The zero-order chi connectivity index (χ0) is 9.84. The van der Waals surface area contributed by atoms with Crippen molar-refractivity contribution in [3.8, 4) is 0 Å². The molecule has 0 bridgehead atoms. The normalized spacial score (nSPS) is 10.0. The van der Waals surface area contributed by atoms with Crippen LogP contribution in [0.25, 0.3) is 0 Å². The maximum Gasteiger partial charge on any atom is 0.283 e. The summed E-state index contributed by atoms with van der Waals surface area (Å²) in [5.74, 6) is 0.471. The molecular weight excluding hydrogens is 257 g/mol. The molecule has 1 aromatic rings. The lowest BCUT2D eigenvalue weighted by molar-refractivity contribution is -0.385. The molecule has 3 nitrogen and oxygen atoms in total. The van der Waals surface area contributed by atoms with E-state index >= 15 is 0 Å². The van der Waals surface area contributed by atoms with E-state index in [9.17, 15) is 10.1 Å². The second kappa shape index (κ2) is 4.58. The van der Waals surface area contributed by atoms with E-state index in [0.717, 1.165) is 5.56 Å². The van der Waals surface area contributed by atoms with Gasteiger partial charge in [-0.05, 0) is 34.0 Å². The van der Waals surface area contributed by atoms with Crippen LogP contribution in [0.1, 0.15) is 5.56 Å². The number of hydrogen-bond acceptors (Lipinski definition) is 2. The maximum absolute atomic E-state index is 10.5. The van der Waals surface area contributed by atoms with Crippen LogP contribution in [0.15, 0.2) is 22.7 Å². The van der Waals surface area contributed by atoms with Gasteiger partial charge >= 0.3 is 0 Å². The van der Waals surface area contributed by atoms with Gasteiger partial charge in [0.15, 0.2) is 0 Å². The highest BCUT2D eigenvalue weighted by Gasteiger charge is 2.11. The molecule has 0 aliphatic carbocycles. The van der Waals surface area contributed by atoms with Crippen molar-refractivity contribution in [3.63, 3.8) is 0 Å². The van der Waals surface area contributed by atoms with E-state index in [-0.39, 0.29) is 5.69 Å². The summed E-state index contributed by atoms with van der Waals surface area (Å²) in [6, 6.07) is 5.02. The van der Waals surface area contributed by atoms with Gasteiger partial charge < -0.3 is 0 Å². The first kappa shape index (κ1) is 10.5. The number of halogens is 2. The van der Waals surface area contributed by atoms with Crippen molar-refractivity contribution in [3.05, 3.63) is 38.3 Å². The van der Waals surface area contributed by atoms with E-state index in [2.05, 4.69) is 15.9 Å². The molecule has 0 radical (unpaired) electrons. The minimum Gasteiger partial charge on any atom is -0.258 e. The molecule has 70 valence electrons. The van der Waals surface area contributed by atoms with Crippen molar-refractivity contribution in [1.29, 1.82) is 0 Å². The van der Waals surface area contributed by atoms with Gasteiger partial charge in [-0.1, -0.05) is 6.07 Å². The van der Waals surface area contributed by atoms with Crippen LogP contribution >= 0.6 is 27.5 Å². The van der Waals surface area contributed by atoms with E-state index in [4.69, 9.17) is 11.6 Å². The Morgan fingerprint density at radius 3 is 2.77 bits per heavy atom. The molecule has 0 aliphatic heterocycles. The summed E-state index contributed by atoms with van der Waals surface area (Å²) in [4.78, 5) is 10.1. The van der Waals surface area contributed by atoms with Crippen LogP contribution in [0.4, 0.5) is 5.69 Å². The molecule has 5 heteroatoms. The lowest BCUT2D eigenvalue weighted by Gasteiger charge is -1.99. The van der Waals surface area contributed by atoms with E-state index in [1.807, 2.05) is 6.07 Å². The molecule has 13 heavy (non-hydrogen) atoms. The summed E-state index contributed by atoms with van der Waals surface area (Å²) in [6.07, 6.45) is 0.648. The Hall–Kier alpha value is -0.610. The van der Waals surface area contributed by atoms with Gasteiger partial charge in [-0.15, -0.1) is 11.6 Å². The zero-order valence-corrected chi connectivity index (χ0v) is 9.01. The third kappa shape index (κ3) is 2.67. The molecule has 0 unspecified atom stereocenters. The van der Waals surface area contributed by atoms with Crippen molar-refractivity contribution >= 4 is 33.2 Å². The molecular formula is C8H7BrClNO2. The van der Waals surface area contributed by atoms with Crippen molar-refractivity contribution in [2.45, 2.75) is 6.42 Å². The monoisotopic (exact) mass is 263 g/mol. The van der Waals surface area contributed by atoms with Gasteiger partial charge in [0, 0.05) is 11.9 Å². The minimum absolute atomic E-state index is 0.0858. The first-order valence-electron chi connectivity index (χ1n) is 3.64. The summed E-state index contributed by atoms with van der Waals surface area (Å²) in [6.45, 7) is 0. The van der Waals surface area contributed by atoms with Crippen LogP contribution in [-0.4, -0.2) is 10.8 Å². The van der Waals surface area contributed by atoms with Crippen LogP contribution in [0, 0.1) is 10.1 Å². The van der Waals surface area contributed by atoms with E-state index < -0.39 is 4.92 Å². The molecule has 0 fully saturated rings. The summed E-state index contributed by atoms with van der Waals surface area (Å²) in [5, 5.41) is 10.5. The number of benzene rings is 1. The van der Waals surface area contributed by atoms with Gasteiger partial charge in [0.25, 0.3) is 5.69 Å². The smallest absolute Gasteiger partial charge is 0.258 e. The maximum atomic E-state index is 10.5. The molecule has 0 N–H and O–H groups in total. The fourth-order valence-corrected chi connectivity index (χ4v) is 1.57. The Morgan fingerprint density at radius 2 is 2.23 bits per heavy atom. The molecule has 0 saturated heterocycles. The van der Waals surface area contributed by atoms with Crippen LogP contribution in [0.3, 0.4) is 0 Å². The number of nitro groups is 1. The van der Waals surface area contributed by atoms with Gasteiger partial charge in [0.2, 0.25) is 0 Å². The van der Waals surface area contributed by atoms with Crippen LogP contribution in [-0.2, 0) is 6.42 Å². The number of hydrogen-bond donors (Lipinski definition) is 0. The van der Waals surface area contributed by atoms with Crippen LogP contribution in [0.2, 0.25) is 0 Å². The topological polar surface area (TPSA) is 43.1 Å². The SMILES string of the molecule is O=[N+]([O-])c1cc(CCCl)ccc1Br. The van der Waals surface area contributed by atoms with Crippen LogP contribution < -0.4 is 0 Å². The van der Waals surface area contributed by atoms with E-state index in [1.165, 1.54) is 6.07 Å². The average Bonchev–Trinajstić information content (AvgIpc) is 2.08. The van der Waals surface area contributed by atoms with Gasteiger partial charge in [-0.3, -0.25) is 10.1 Å². The zero-order valence-electron chi connectivity index (χ0n) is 6.67. The highest BCUT2D eigenvalue weighted by molar-refractivity contribution is 9.10. The Labute approximate surface area is 89.0 Å². The van der Waals surface area contributed by atoms with Crippen LogP contribution in [0.5, 0.6) is 0 Å². The van der Waals surface area contributed by atoms with E-state index in [1.54, 1.807) is 6.07 Å². The number of rotatable bonds is 3. The van der Waals surface area contributed by atoms with Gasteiger partial charge in [-0.2, -0.15) is 0 Å². The number of nitrogens with zero attached hydrogens (tertiary/aromatic N) is 1. The van der Waals surface area contributed by atoms with Gasteiger partial charge in [-0.25, -0.2) is 0 Å². The predicted molar refractivity (Wildman–Crippen MR) is 55.2 cm³/mol. The average molecular weight is 265 g/mol. The Bertz CT molecular complexity index is 330. The molecule has 0 aliphatic rings. The number of nitro benzene ring substituents is 1. The van der Waals surface area contributed by atoms with E-state index in [0.29, 0.717) is 16.8 Å². The fourth-order valence-electron chi connectivity index (χ4n) is 0.963. The molecule has 1 aromatic carbocycles. The Balaban J connectivity index is 3.04. The third-order valence-corrected chi connectivity index (χ3v) is 2.45. The molecule has 0 aromatic heterocycles. The molecule has 0 spiro atoms. The highest BCUT2D eigenvalue weighted by atomic mass is 79.9. The molecule has 0 atom stereocenters. The van der Waals surface area contributed by atoms with Crippen molar-refractivity contribution < 1.29 is 4.92 Å². The summed E-state index contributed by atoms with van der Waals surface area (Å²) in [7, 11) is 0. The predicted octanol–water partition coefficient (Wildman–Crippen LogP) is 3.14. The fraction of sp³-hybridized carbons (Fsp3) is 0.250. The second-order valence-electron chi connectivity index (χ2n) is 2.48. The summed E-state index contributed by atoms with van der Waals surface area (Å²) in [5.41, 5.74) is 0.965. The molecule has 1 rings (SSSR count). The lowest BCUT2D eigenvalue weighted by Crippen LogP contribution is -1.92. The van der Waals surface area contributed by atoms with Gasteiger partial charge in [0.05, 0.1) is 9.40 Å². The minimum atomic E-state index is -0.415. The Morgan fingerprint density at radius 1 is 1.54 bits per heavy atom. The summed E-state index contributed by atoms with van der Waals surface area (Å²) >= 11 is 8.63. The number of alkyl halides is 1. The molecule has 0 heterocycles. The third-order valence-electron chi connectivity index (χ3n) is 1.59. The largest absolute Gasteiger partial charge is 0.283 e. The van der Waals surface area contributed by atoms with Crippen molar-refractivity contribution in [2.75, 3.05) is 5.88 Å². The first-order chi connectivity index (χ1) is 6.15. The standard InChI is InChI=1S/C8H7BrClNO2/c9-7-2-1-6(3-4-10)5-8(7)11(12)13/h1-2,5H,3-4H2. The van der Waals surface area contributed by atoms with Crippen molar-refractivity contribution in [2.24, 2.45) is 0 Å². The number of aryl methyl sites for hydroxylation is 1. The second-order valence-corrected chi connectivity index (χ2v) is 3.71. The molecule has 0 amide bonds.